The van der Waals surface area contributed by atoms with Gasteiger partial charge in [0.2, 0.25) is 21.7 Å². The zero-order valence-electron chi connectivity index (χ0n) is 25.2. The number of sulfonamides is 1. The smallest absolute Gasteiger partial charge is 0.404 e. The molecule has 1 aromatic carbocycles. The van der Waals surface area contributed by atoms with Crippen LogP contribution in [0.3, 0.4) is 0 Å². The summed E-state index contributed by atoms with van der Waals surface area (Å²) >= 11 is 6.70. The van der Waals surface area contributed by atoms with E-state index in [4.69, 9.17) is 16.1 Å². The lowest BCUT2D eigenvalue weighted by atomic mass is 9.90. The molecule has 0 saturated carbocycles. The van der Waals surface area contributed by atoms with Gasteiger partial charge in [-0.3, -0.25) is 9.59 Å². The van der Waals surface area contributed by atoms with Crippen molar-refractivity contribution in [3.8, 4) is 21.3 Å². The van der Waals surface area contributed by atoms with Gasteiger partial charge in [-0.2, -0.15) is 22.9 Å². The predicted molar refractivity (Wildman–Crippen MR) is 156 cm³/mol. The molecule has 0 aliphatic carbocycles. The molecular weight excluding hydrogens is 723 g/mol. The number of hydrogen-bond donors (Lipinski definition) is 2. The fraction of sp³-hybridized carbons (Fsp3) is 0.519. The maximum absolute atomic E-state index is 14.6. The molecule has 1 atom stereocenters. The normalized spacial score (nSPS) is 16.4. The summed E-state index contributed by atoms with van der Waals surface area (Å²) in [4.78, 5) is 33.0. The molecule has 1 saturated heterocycles. The second-order valence-corrected chi connectivity index (χ2v) is 14.5. The molecule has 2 N–H and O–H groups in total. The number of amides is 1. The molecule has 21 heteroatoms. The van der Waals surface area contributed by atoms with Gasteiger partial charge in [0.15, 0.2) is 5.01 Å². The number of rotatable bonds is 11. The molecule has 1 fully saturated rings. The van der Waals surface area contributed by atoms with E-state index in [9.17, 15) is 53.8 Å². The number of halogens is 8. The number of carbonyl (C=O) groups excluding carboxylic acids is 1. The number of hydrogen-bond acceptors (Lipinski definition) is 9. The van der Waals surface area contributed by atoms with E-state index >= 15 is 0 Å². The topological polar surface area (TPSA) is 156 Å². The number of carboxylic acid groups (broad SMARTS) is 1. The van der Waals surface area contributed by atoms with Crippen LogP contribution in [0.15, 0.2) is 21.6 Å². The highest BCUT2D eigenvalue weighted by Gasteiger charge is 2.42. The number of likely N-dealkylation sites (tertiary alicyclic amines) is 1. The van der Waals surface area contributed by atoms with Crippen molar-refractivity contribution in [1.29, 1.82) is 0 Å². The molecule has 1 aliphatic heterocycles. The quantitative estimate of drug-likeness (QED) is 0.207. The number of carbonyl (C=O) groups is 2. The van der Waals surface area contributed by atoms with Gasteiger partial charge in [-0.25, -0.2) is 31.0 Å². The lowest BCUT2D eigenvalue weighted by Gasteiger charge is -2.31. The third-order valence-corrected chi connectivity index (χ3v) is 10.6. The van der Waals surface area contributed by atoms with Crippen LogP contribution in [0, 0.1) is 5.41 Å². The van der Waals surface area contributed by atoms with Crippen molar-refractivity contribution in [1.82, 2.24) is 24.7 Å². The molecule has 0 spiro atoms. The number of benzene rings is 1. The molecule has 11 nitrogen and oxygen atoms in total. The van der Waals surface area contributed by atoms with Crippen molar-refractivity contribution in [2.75, 3.05) is 13.1 Å². The van der Waals surface area contributed by atoms with Gasteiger partial charge >= 0.3 is 12.1 Å². The monoisotopic (exact) mass is 749 g/mol. The van der Waals surface area contributed by atoms with Gasteiger partial charge < -0.3 is 14.5 Å². The molecule has 48 heavy (non-hydrogen) atoms. The Hall–Kier alpha value is -3.36. The van der Waals surface area contributed by atoms with Gasteiger partial charge in [0.1, 0.15) is 16.6 Å². The first kappa shape index (κ1) is 37.5. The second kappa shape index (κ2) is 13.5. The molecule has 1 unspecified atom stereocenters. The first-order valence-electron chi connectivity index (χ1n) is 14.0. The van der Waals surface area contributed by atoms with Gasteiger partial charge in [0, 0.05) is 43.5 Å². The standard InChI is InChI=1S/C27H27ClF7N5O6S2/c1-4-14(27(33,34)35)39-48(44,45)13-6-5-12(16(17(13)28)20(29)30)19-18(23(41)40-9-7-26(31,32)8-10-40)37-22(47-19)21-36-15(46-38-21)11-25(2,3)24(42)43/h5-6,14,20,39H,4,7-11H2,1-3H3,(H,42,43). The number of piperidine rings is 1. The van der Waals surface area contributed by atoms with Crippen LogP contribution in [0.2, 0.25) is 5.02 Å². The van der Waals surface area contributed by atoms with E-state index in [2.05, 4.69) is 15.1 Å². The molecule has 4 rings (SSSR count). The minimum Gasteiger partial charge on any atom is -0.481 e. The summed E-state index contributed by atoms with van der Waals surface area (Å²) in [5, 5.41) is 11.8. The molecule has 264 valence electrons. The van der Waals surface area contributed by atoms with E-state index in [1.165, 1.54) is 18.6 Å². The number of aliphatic carboxylic acids is 1. The number of nitrogens with zero attached hydrogens (tertiary/aromatic N) is 4. The Morgan fingerprint density at radius 3 is 2.33 bits per heavy atom. The lowest BCUT2D eigenvalue weighted by Crippen LogP contribution is -2.44. The molecule has 3 aromatic rings. The first-order chi connectivity index (χ1) is 22.1. The largest absolute Gasteiger partial charge is 0.481 e. The average molecular weight is 750 g/mol. The Kier molecular flexibility index (Phi) is 10.5. The van der Waals surface area contributed by atoms with Crippen LogP contribution in [-0.2, 0) is 21.2 Å². The molecule has 0 bridgehead atoms. The van der Waals surface area contributed by atoms with E-state index < -0.39 is 111 Å². The van der Waals surface area contributed by atoms with Crippen molar-refractivity contribution in [2.24, 2.45) is 5.41 Å². The van der Waals surface area contributed by atoms with Crippen LogP contribution < -0.4 is 4.72 Å². The van der Waals surface area contributed by atoms with Crippen LogP contribution in [-0.4, -0.2) is 76.7 Å². The molecule has 2 aromatic heterocycles. The Bertz CT molecular complexity index is 1800. The summed E-state index contributed by atoms with van der Waals surface area (Å²) in [6.45, 7) is 3.00. The van der Waals surface area contributed by atoms with Crippen molar-refractivity contribution < 1.29 is 58.4 Å². The van der Waals surface area contributed by atoms with Crippen molar-refractivity contribution in [2.45, 2.75) is 75.9 Å². The van der Waals surface area contributed by atoms with Crippen LogP contribution in [0.1, 0.15) is 68.4 Å². The van der Waals surface area contributed by atoms with E-state index in [0.717, 1.165) is 17.9 Å². The molecular formula is C27H27ClF7N5O6S2. The Morgan fingerprint density at radius 2 is 1.79 bits per heavy atom. The molecule has 1 amide bonds. The van der Waals surface area contributed by atoms with Crippen molar-refractivity contribution in [3.63, 3.8) is 0 Å². The van der Waals surface area contributed by atoms with Gasteiger partial charge in [0.05, 0.1) is 15.3 Å². The van der Waals surface area contributed by atoms with E-state index in [0.29, 0.717) is 17.4 Å². The molecule has 1 aliphatic rings. The highest BCUT2D eigenvalue weighted by atomic mass is 35.5. The highest BCUT2D eigenvalue weighted by molar-refractivity contribution is 7.89. The van der Waals surface area contributed by atoms with Gasteiger partial charge in [-0.05, 0) is 26.3 Å². The van der Waals surface area contributed by atoms with Gasteiger partial charge in [0.25, 0.3) is 18.3 Å². The Balaban J connectivity index is 1.85. The molecule has 3 heterocycles. The van der Waals surface area contributed by atoms with E-state index in [1.54, 1.807) is 0 Å². The minimum atomic E-state index is -5.12. The summed E-state index contributed by atoms with van der Waals surface area (Å²) in [7, 11) is -5.12. The summed E-state index contributed by atoms with van der Waals surface area (Å²) in [5.41, 5.74) is -3.56. The number of aromatic nitrogens is 3. The Labute approximate surface area is 277 Å². The fourth-order valence-corrected chi connectivity index (χ4v) is 7.59. The van der Waals surface area contributed by atoms with Crippen molar-refractivity contribution >= 4 is 44.8 Å². The van der Waals surface area contributed by atoms with E-state index in [1.807, 2.05) is 0 Å². The highest BCUT2D eigenvalue weighted by Crippen LogP contribution is 2.45. The lowest BCUT2D eigenvalue weighted by molar-refractivity contribution is -0.151. The maximum atomic E-state index is 14.6. The minimum absolute atomic E-state index is 0.150. The summed E-state index contributed by atoms with van der Waals surface area (Å²) in [5.74, 6) is -5.62. The molecule has 0 radical (unpaired) electrons. The average Bonchev–Trinajstić information content (AvgIpc) is 3.61. The van der Waals surface area contributed by atoms with Crippen molar-refractivity contribution in [3.05, 3.63) is 34.3 Å². The van der Waals surface area contributed by atoms with Gasteiger partial charge in [-0.15, -0.1) is 11.3 Å². The number of alkyl halides is 7. The van der Waals surface area contributed by atoms with Gasteiger partial charge in [-0.1, -0.05) is 29.7 Å². The van der Waals surface area contributed by atoms with E-state index in [-0.39, 0.29) is 28.0 Å². The fourth-order valence-electron chi connectivity index (χ4n) is 4.62. The Morgan fingerprint density at radius 1 is 1.17 bits per heavy atom. The van der Waals surface area contributed by atoms with Crippen LogP contribution in [0.4, 0.5) is 30.7 Å². The third kappa shape index (κ3) is 7.92. The van der Waals surface area contributed by atoms with Crippen LogP contribution in [0.5, 0.6) is 0 Å². The zero-order chi connectivity index (χ0) is 36.0. The summed E-state index contributed by atoms with van der Waals surface area (Å²) in [6.07, 6.45) is -10.9. The number of carboxylic acids is 1. The number of thiazole rings is 1. The van der Waals surface area contributed by atoms with Crippen LogP contribution >= 0.6 is 22.9 Å². The first-order valence-corrected chi connectivity index (χ1v) is 16.7. The second-order valence-electron chi connectivity index (χ2n) is 11.5. The summed E-state index contributed by atoms with van der Waals surface area (Å²) in [6, 6.07) is -1.06. The summed E-state index contributed by atoms with van der Waals surface area (Å²) < 4.78 is 129. The SMILES string of the molecule is CCC(NS(=O)(=O)c1ccc(-c2sc(-c3noc(CC(C)(C)C(=O)O)n3)nc2C(=O)N2CCC(F)(F)CC2)c(C(F)F)c1Cl)C(F)(F)F. The number of nitrogens with one attached hydrogen (secondary N) is 1. The van der Waals surface area contributed by atoms with Crippen LogP contribution in [0.25, 0.3) is 21.3 Å². The predicted octanol–water partition coefficient (Wildman–Crippen LogP) is 6.59. The maximum Gasteiger partial charge on any atom is 0.404 e. The third-order valence-electron chi connectivity index (χ3n) is 7.44. The zero-order valence-corrected chi connectivity index (χ0v) is 27.6.